The summed E-state index contributed by atoms with van der Waals surface area (Å²) in [6.45, 7) is 3.52. The molecule has 2 aliphatic heterocycles. The normalized spacial score (nSPS) is 25.1. The van der Waals surface area contributed by atoms with Gasteiger partial charge in [0.1, 0.15) is 5.69 Å². The molecule has 0 bridgehead atoms. The molecule has 1 aromatic heterocycles. The highest BCUT2D eigenvalue weighted by Crippen LogP contribution is 2.38. The molecule has 116 valence electrons. The Balaban J connectivity index is 1.64. The van der Waals surface area contributed by atoms with Gasteiger partial charge in [-0.3, -0.25) is 9.69 Å². The highest BCUT2D eigenvalue weighted by Gasteiger charge is 2.51. The Morgan fingerprint density at radius 3 is 2.86 bits per heavy atom. The largest absolute Gasteiger partial charge is 0.384 e. The number of likely N-dealkylation sites (N-methyl/N-ethyl adjacent to an activating group) is 1. The van der Waals surface area contributed by atoms with Crippen molar-refractivity contribution in [2.24, 2.45) is 13.0 Å². The average molecular weight is 292 g/mol. The van der Waals surface area contributed by atoms with E-state index in [2.05, 4.69) is 16.9 Å². The molecule has 1 atom stereocenters. The van der Waals surface area contributed by atoms with Crippen LogP contribution in [-0.4, -0.2) is 71.2 Å². The second-order valence-electron chi connectivity index (χ2n) is 6.55. The van der Waals surface area contributed by atoms with E-state index in [-0.39, 0.29) is 11.4 Å². The lowest BCUT2D eigenvalue weighted by molar-refractivity contribution is -0.0732. The van der Waals surface area contributed by atoms with E-state index in [1.54, 1.807) is 19.6 Å². The smallest absolute Gasteiger partial charge is 0.274 e. The van der Waals surface area contributed by atoms with Gasteiger partial charge in [0, 0.05) is 40.1 Å². The lowest BCUT2D eigenvalue weighted by atomic mass is 9.75. The quantitative estimate of drug-likeness (QED) is 0.819. The zero-order valence-electron chi connectivity index (χ0n) is 13.1. The molecular weight excluding hydrogens is 268 g/mol. The third-order valence-electron chi connectivity index (χ3n) is 4.94. The molecule has 0 N–H and O–H groups in total. The van der Waals surface area contributed by atoms with Crippen LogP contribution in [0.1, 0.15) is 23.3 Å². The number of imidazole rings is 1. The third-order valence-corrected chi connectivity index (χ3v) is 4.94. The lowest BCUT2D eigenvalue weighted by Crippen LogP contribution is -2.72. The minimum Gasteiger partial charge on any atom is -0.384 e. The summed E-state index contributed by atoms with van der Waals surface area (Å²) in [6, 6.07) is 0. The van der Waals surface area contributed by atoms with Gasteiger partial charge in [-0.1, -0.05) is 0 Å². The van der Waals surface area contributed by atoms with Crippen LogP contribution in [0.15, 0.2) is 12.5 Å². The number of hydrogen-bond acceptors (Lipinski definition) is 4. The minimum atomic E-state index is 0.0449. The first-order chi connectivity index (χ1) is 10.0. The van der Waals surface area contributed by atoms with Crippen molar-refractivity contribution < 1.29 is 9.53 Å². The maximum atomic E-state index is 12.4. The van der Waals surface area contributed by atoms with E-state index in [1.807, 2.05) is 16.5 Å². The summed E-state index contributed by atoms with van der Waals surface area (Å²) in [5, 5.41) is 0. The van der Waals surface area contributed by atoms with Crippen LogP contribution < -0.4 is 0 Å². The maximum absolute atomic E-state index is 12.4. The second kappa shape index (κ2) is 5.42. The highest BCUT2D eigenvalue weighted by atomic mass is 16.5. The van der Waals surface area contributed by atoms with E-state index in [0.717, 1.165) is 32.7 Å². The van der Waals surface area contributed by atoms with Gasteiger partial charge >= 0.3 is 0 Å². The molecule has 0 saturated carbocycles. The molecule has 1 spiro atoms. The van der Waals surface area contributed by atoms with Crippen molar-refractivity contribution in [2.75, 3.05) is 40.4 Å². The molecule has 1 aromatic rings. The maximum Gasteiger partial charge on any atom is 0.274 e. The predicted molar refractivity (Wildman–Crippen MR) is 79.1 cm³/mol. The summed E-state index contributed by atoms with van der Waals surface area (Å²) in [7, 11) is 5.82. The monoisotopic (exact) mass is 292 g/mol. The van der Waals surface area contributed by atoms with Crippen molar-refractivity contribution in [3.8, 4) is 0 Å². The molecule has 0 radical (unpaired) electrons. The molecule has 6 heteroatoms. The van der Waals surface area contributed by atoms with Crippen LogP contribution in [0.5, 0.6) is 0 Å². The van der Waals surface area contributed by atoms with E-state index >= 15 is 0 Å². The van der Waals surface area contributed by atoms with E-state index < -0.39 is 0 Å². The van der Waals surface area contributed by atoms with Gasteiger partial charge < -0.3 is 14.2 Å². The van der Waals surface area contributed by atoms with Crippen molar-refractivity contribution in [3.63, 3.8) is 0 Å². The summed E-state index contributed by atoms with van der Waals surface area (Å²) >= 11 is 0. The van der Waals surface area contributed by atoms with Crippen LogP contribution in [0.3, 0.4) is 0 Å². The van der Waals surface area contributed by atoms with E-state index in [0.29, 0.717) is 11.6 Å². The first-order valence-corrected chi connectivity index (χ1v) is 7.51. The molecule has 2 saturated heterocycles. The number of ether oxygens (including phenoxy) is 1. The Hall–Kier alpha value is -1.40. The zero-order valence-corrected chi connectivity index (χ0v) is 13.1. The van der Waals surface area contributed by atoms with Crippen molar-refractivity contribution in [1.82, 2.24) is 19.4 Å². The van der Waals surface area contributed by atoms with Crippen LogP contribution in [-0.2, 0) is 11.8 Å². The Labute approximate surface area is 125 Å². The second-order valence-corrected chi connectivity index (χ2v) is 6.55. The number of nitrogens with zero attached hydrogens (tertiary/aromatic N) is 4. The Kier molecular flexibility index (Phi) is 3.75. The first kappa shape index (κ1) is 14.5. The molecule has 21 heavy (non-hydrogen) atoms. The Morgan fingerprint density at radius 2 is 2.24 bits per heavy atom. The fourth-order valence-corrected chi connectivity index (χ4v) is 3.65. The van der Waals surface area contributed by atoms with Crippen LogP contribution in [0, 0.1) is 5.92 Å². The molecule has 0 unspecified atom stereocenters. The van der Waals surface area contributed by atoms with Gasteiger partial charge in [-0.15, -0.1) is 0 Å². The van der Waals surface area contributed by atoms with E-state index in [9.17, 15) is 4.79 Å². The molecule has 3 heterocycles. The molecule has 2 fully saturated rings. The SMILES string of the molecule is COC[C@H]1CCN(C)C2(C1)CN(C(=O)c1cn(C)cn1)C2. The van der Waals surface area contributed by atoms with Gasteiger partial charge in [0.05, 0.1) is 11.9 Å². The van der Waals surface area contributed by atoms with Gasteiger partial charge in [0.15, 0.2) is 0 Å². The van der Waals surface area contributed by atoms with Crippen LogP contribution in [0.25, 0.3) is 0 Å². The van der Waals surface area contributed by atoms with Crippen LogP contribution in [0.4, 0.5) is 0 Å². The third kappa shape index (κ3) is 2.58. The Bertz CT molecular complexity index is 521. The standard InChI is InChI=1S/C15H24N4O2/c1-17-7-13(16-11-17)14(20)19-9-15(10-19)6-12(8-21-3)4-5-18(15)2/h7,11-12H,4-6,8-10H2,1-3H3/t12-/m0/s1. The van der Waals surface area contributed by atoms with Crippen molar-refractivity contribution in [2.45, 2.75) is 18.4 Å². The van der Waals surface area contributed by atoms with Gasteiger partial charge in [-0.25, -0.2) is 4.98 Å². The van der Waals surface area contributed by atoms with Gasteiger partial charge in [-0.05, 0) is 32.4 Å². The molecular formula is C15H24N4O2. The number of carbonyl (C=O) groups is 1. The predicted octanol–water partition coefficient (Wildman–Crippen LogP) is 0.603. The van der Waals surface area contributed by atoms with E-state index in [1.165, 1.54) is 6.42 Å². The summed E-state index contributed by atoms with van der Waals surface area (Å²) in [4.78, 5) is 20.9. The summed E-state index contributed by atoms with van der Waals surface area (Å²) < 4.78 is 7.12. The molecule has 2 aliphatic rings. The number of aromatic nitrogens is 2. The zero-order chi connectivity index (χ0) is 15.0. The van der Waals surface area contributed by atoms with Gasteiger partial charge in [0.25, 0.3) is 5.91 Å². The number of hydrogen-bond donors (Lipinski definition) is 0. The number of rotatable bonds is 3. The molecule has 0 aromatic carbocycles. The molecule has 1 amide bonds. The molecule has 0 aliphatic carbocycles. The minimum absolute atomic E-state index is 0.0449. The molecule has 3 rings (SSSR count). The van der Waals surface area contributed by atoms with Gasteiger partial charge in [-0.2, -0.15) is 0 Å². The van der Waals surface area contributed by atoms with Crippen molar-refractivity contribution in [3.05, 3.63) is 18.2 Å². The number of carbonyl (C=O) groups excluding carboxylic acids is 1. The van der Waals surface area contributed by atoms with Crippen molar-refractivity contribution in [1.29, 1.82) is 0 Å². The number of likely N-dealkylation sites (tertiary alicyclic amines) is 2. The number of piperidine rings is 1. The van der Waals surface area contributed by atoms with E-state index in [4.69, 9.17) is 4.74 Å². The fraction of sp³-hybridized carbons (Fsp3) is 0.733. The number of methoxy groups -OCH3 is 1. The number of amides is 1. The van der Waals surface area contributed by atoms with Crippen LogP contribution >= 0.6 is 0 Å². The fourth-order valence-electron chi connectivity index (χ4n) is 3.65. The van der Waals surface area contributed by atoms with Crippen LogP contribution in [0.2, 0.25) is 0 Å². The topological polar surface area (TPSA) is 50.6 Å². The summed E-state index contributed by atoms with van der Waals surface area (Å²) in [5.74, 6) is 0.654. The van der Waals surface area contributed by atoms with Crippen molar-refractivity contribution >= 4 is 5.91 Å². The highest BCUT2D eigenvalue weighted by molar-refractivity contribution is 5.92. The lowest BCUT2D eigenvalue weighted by Gasteiger charge is -2.58. The summed E-state index contributed by atoms with van der Waals surface area (Å²) in [5.41, 5.74) is 0.686. The average Bonchev–Trinajstić information content (AvgIpc) is 2.85. The van der Waals surface area contributed by atoms with Gasteiger partial charge in [0.2, 0.25) is 0 Å². The first-order valence-electron chi connectivity index (χ1n) is 7.51. The molecule has 6 nitrogen and oxygen atoms in total. The Morgan fingerprint density at radius 1 is 1.48 bits per heavy atom. The number of aryl methyl sites for hydroxylation is 1. The summed E-state index contributed by atoms with van der Waals surface area (Å²) in [6.07, 6.45) is 5.75.